The van der Waals surface area contributed by atoms with Crippen LogP contribution in [0.3, 0.4) is 0 Å². The number of carbonyl (C=O) groups excluding carboxylic acids is 2. The second-order valence-corrected chi connectivity index (χ2v) is 4.16. The van der Waals surface area contributed by atoms with E-state index in [2.05, 4.69) is 5.32 Å². The minimum absolute atomic E-state index is 0.129. The van der Waals surface area contributed by atoms with Crippen LogP contribution in [0.15, 0.2) is 54.6 Å². The number of hydrogen-bond acceptors (Lipinski definition) is 3. The number of hydrogen-bond donors (Lipinski definition) is 1. The van der Waals surface area contributed by atoms with Crippen molar-refractivity contribution in [1.82, 2.24) is 5.32 Å². The van der Waals surface area contributed by atoms with Gasteiger partial charge in [-0.15, -0.1) is 0 Å². The van der Waals surface area contributed by atoms with Crippen molar-refractivity contribution in [1.29, 1.82) is 0 Å². The minimum Gasteiger partial charge on any atom is -0.492 e. The summed E-state index contributed by atoms with van der Waals surface area (Å²) in [5.74, 6) is 0.486. The lowest BCUT2D eigenvalue weighted by Gasteiger charge is -2.08. The number of rotatable bonds is 6. The van der Waals surface area contributed by atoms with Crippen LogP contribution in [0, 0.1) is 0 Å². The first kappa shape index (κ1) is 13.8. The third-order valence-corrected chi connectivity index (χ3v) is 2.69. The molecule has 0 fully saturated rings. The first-order valence-corrected chi connectivity index (χ1v) is 6.31. The molecule has 0 aromatic heterocycles. The van der Waals surface area contributed by atoms with E-state index in [9.17, 15) is 9.59 Å². The maximum Gasteiger partial charge on any atom is 0.251 e. The molecule has 0 saturated heterocycles. The average Bonchev–Trinajstić information content (AvgIpc) is 2.52. The van der Waals surface area contributed by atoms with Gasteiger partial charge in [0.1, 0.15) is 18.6 Å². The van der Waals surface area contributed by atoms with E-state index in [1.54, 1.807) is 36.4 Å². The molecule has 0 unspecified atom stereocenters. The largest absolute Gasteiger partial charge is 0.492 e. The number of carbonyl (C=O) groups is 2. The van der Waals surface area contributed by atoms with Crippen molar-refractivity contribution in [3.05, 3.63) is 65.7 Å². The van der Waals surface area contributed by atoms with Crippen LogP contribution in [0.4, 0.5) is 0 Å². The quantitative estimate of drug-likeness (QED) is 0.646. The molecule has 0 heterocycles. The van der Waals surface area contributed by atoms with Gasteiger partial charge in [0.2, 0.25) is 0 Å². The van der Waals surface area contributed by atoms with Gasteiger partial charge in [0.05, 0.1) is 6.54 Å². The summed E-state index contributed by atoms with van der Waals surface area (Å²) in [5.41, 5.74) is 1.19. The molecule has 4 nitrogen and oxygen atoms in total. The highest BCUT2D eigenvalue weighted by molar-refractivity contribution is 5.94. The molecule has 2 rings (SSSR count). The predicted molar refractivity (Wildman–Crippen MR) is 76.1 cm³/mol. The van der Waals surface area contributed by atoms with Crippen molar-refractivity contribution in [2.75, 3.05) is 13.2 Å². The number of benzene rings is 2. The van der Waals surface area contributed by atoms with E-state index < -0.39 is 0 Å². The van der Waals surface area contributed by atoms with Gasteiger partial charge in [-0.25, -0.2) is 0 Å². The molecule has 0 bridgehead atoms. The highest BCUT2D eigenvalue weighted by Gasteiger charge is 2.03. The normalized spacial score (nSPS) is 9.80. The summed E-state index contributed by atoms with van der Waals surface area (Å²) in [6.45, 7) is 0.750. The lowest BCUT2D eigenvalue weighted by Crippen LogP contribution is -2.28. The molecule has 0 aliphatic heterocycles. The number of amides is 1. The predicted octanol–water partition coefficient (Wildman–Crippen LogP) is 2.31. The Hall–Kier alpha value is -2.62. The van der Waals surface area contributed by atoms with E-state index in [-0.39, 0.29) is 5.91 Å². The van der Waals surface area contributed by atoms with Crippen LogP contribution in [-0.4, -0.2) is 25.3 Å². The molecule has 1 amide bonds. The standard InChI is InChI=1S/C16H15NO3/c18-12-13-5-4-8-15(11-13)20-10-9-17-16(19)14-6-2-1-3-7-14/h1-8,11-12H,9-10H2,(H,17,19). The average molecular weight is 269 g/mol. The maximum absolute atomic E-state index is 11.7. The fourth-order valence-electron chi connectivity index (χ4n) is 1.70. The second kappa shape index (κ2) is 7.09. The lowest BCUT2D eigenvalue weighted by atomic mass is 10.2. The van der Waals surface area contributed by atoms with Crippen LogP contribution in [0.5, 0.6) is 5.75 Å². The van der Waals surface area contributed by atoms with Crippen molar-refractivity contribution < 1.29 is 14.3 Å². The number of ether oxygens (including phenoxy) is 1. The van der Waals surface area contributed by atoms with Crippen LogP contribution in [0.2, 0.25) is 0 Å². The molecular weight excluding hydrogens is 254 g/mol. The van der Waals surface area contributed by atoms with E-state index in [0.29, 0.717) is 30.0 Å². The summed E-state index contributed by atoms with van der Waals surface area (Å²) in [5, 5.41) is 2.76. The molecule has 102 valence electrons. The van der Waals surface area contributed by atoms with Gasteiger partial charge in [-0.05, 0) is 24.3 Å². The molecule has 2 aromatic carbocycles. The van der Waals surface area contributed by atoms with Gasteiger partial charge in [-0.2, -0.15) is 0 Å². The number of nitrogens with one attached hydrogen (secondary N) is 1. The third-order valence-electron chi connectivity index (χ3n) is 2.69. The molecule has 0 spiro atoms. The molecule has 0 saturated carbocycles. The Kier molecular flexibility index (Phi) is 4.89. The molecule has 2 aromatic rings. The lowest BCUT2D eigenvalue weighted by molar-refractivity contribution is 0.0947. The summed E-state index contributed by atoms with van der Waals surface area (Å²) in [7, 11) is 0. The van der Waals surface area contributed by atoms with Crippen LogP contribution in [-0.2, 0) is 0 Å². The Morgan fingerprint density at radius 2 is 1.90 bits per heavy atom. The Morgan fingerprint density at radius 1 is 1.10 bits per heavy atom. The van der Waals surface area contributed by atoms with Gasteiger partial charge in [0, 0.05) is 11.1 Å². The fourth-order valence-corrected chi connectivity index (χ4v) is 1.70. The molecule has 20 heavy (non-hydrogen) atoms. The Morgan fingerprint density at radius 3 is 2.65 bits per heavy atom. The van der Waals surface area contributed by atoms with Crippen LogP contribution in [0.1, 0.15) is 20.7 Å². The number of aldehydes is 1. The van der Waals surface area contributed by atoms with Crippen LogP contribution < -0.4 is 10.1 Å². The molecule has 1 N–H and O–H groups in total. The van der Waals surface area contributed by atoms with Crippen molar-refractivity contribution in [3.63, 3.8) is 0 Å². The molecule has 0 aliphatic carbocycles. The Balaban J connectivity index is 1.76. The minimum atomic E-state index is -0.129. The van der Waals surface area contributed by atoms with Gasteiger partial charge < -0.3 is 10.1 Å². The summed E-state index contributed by atoms with van der Waals surface area (Å²) < 4.78 is 5.46. The van der Waals surface area contributed by atoms with Gasteiger partial charge in [-0.1, -0.05) is 30.3 Å². The van der Waals surface area contributed by atoms with E-state index in [0.717, 1.165) is 6.29 Å². The van der Waals surface area contributed by atoms with Gasteiger partial charge in [-0.3, -0.25) is 9.59 Å². The Labute approximate surface area is 117 Å². The first-order chi connectivity index (χ1) is 9.79. The summed E-state index contributed by atoms with van der Waals surface area (Å²) >= 11 is 0. The highest BCUT2D eigenvalue weighted by Crippen LogP contribution is 2.11. The zero-order valence-corrected chi connectivity index (χ0v) is 10.9. The summed E-state index contributed by atoms with van der Waals surface area (Å²) in [6.07, 6.45) is 0.768. The fraction of sp³-hybridized carbons (Fsp3) is 0.125. The molecular formula is C16H15NO3. The first-order valence-electron chi connectivity index (χ1n) is 6.31. The summed E-state index contributed by atoms with van der Waals surface area (Å²) in [4.78, 5) is 22.4. The third kappa shape index (κ3) is 3.95. The zero-order valence-electron chi connectivity index (χ0n) is 10.9. The highest BCUT2D eigenvalue weighted by atomic mass is 16.5. The molecule has 0 aliphatic rings. The van der Waals surface area contributed by atoms with Crippen molar-refractivity contribution in [3.8, 4) is 5.75 Å². The van der Waals surface area contributed by atoms with E-state index in [1.165, 1.54) is 0 Å². The van der Waals surface area contributed by atoms with Gasteiger partial charge in [0.25, 0.3) is 5.91 Å². The maximum atomic E-state index is 11.7. The second-order valence-electron chi connectivity index (χ2n) is 4.16. The smallest absolute Gasteiger partial charge is 0.251 e. The SMILES string of the molecule is O=Cc1cccc(OCCNC(=O)c2ccccc2)c1. The van der Waals surface area contributed by atoms with Crippen molar-refractivity contribution >= 4 is 12.2 Å². The van der Waals surface area contributed by atoms with E-state index in [4.69, 9.17) is 4.74 Å². The van der Waals surface area contributed by atoms with Crippen molar-refractivity contribution in [2.45, 2.75) is 0 Å². The van der Waals surface area contributed by atoms with Crippen LogP contribution >= 0.6 is 0 Å². The van der Waals surface area contributed by atoms with E-state index in [1.807, 2.05) is 18.2 Å². The Bertz CT molecular complexity index is 581. The molecule has 4 heteroatoms. The van der Waals surface area contributed by atoms with Crippen LogP contribution in [0.25, 0.3) is 0 Å². The summed E-state index contributed by atoms with van der Waals surface area (Å²) in [6, 6.07) is 15.9. The van der Waals surface area contributed by atoms with E-state index >= 15 is 0 Å². The van der Waals surface area contributed by atoms with Gasteiger partial charge in [0.15, 0.2) is 0 Å². The topological polar surface area (TPSA) is 55.4 Å². The zero-order chi connectivity index (χ0) is 14.2. The monoisotopic (exact) mass is 269 g/mol. The molecule has 0 atom stereocenters. The van der Waals surface area contributed by atoms with Gasteiger partial charge >= 0.3 is 0 Å². The van der Waals surface area contributed by atoms with Crippen molar-refractivity contribution in [2.24, 2.45) is 0 Å². The molecule has 0 radical (unpaired) electrons.